The van der Waals surface area contributed by atoms with Crippen LogP contribution in [0.15, 0.2) is 46.9 Å². The Balaban J connectivity index is 1.82. The van der Waals surface area contributed by atoms with Crippen LogP contribution in [0.1, 0.15) is 10.4 Å². The molecule has 0 fully saturated rings. The Labute approximate surface area is 129 Å². The van der Waals surface area contributed by atoms with Gasteiger partial charge in [-0.25, -0.2) is 8.78 Å². The molecule has 0 aromatic heterocycles. The lowest BCUT2D eigenvalue weighted by Gasteiger charge is -2.09. The predicted molar refractivity (Wildman–Crippen MR) is 78.3 cm³/mol. The van der Waals surface area contributed by atoms with Crippen LogP contribution in [0.5, 0.6) is 5.75 Å². The number of carbonyl (C=O) groups excluding carboxylic acids is 1. The second kappa shape index (κ2) is 7.17. The highest BCUT2D eigenvalue weighted by atomic mass is 79.9. The van der Waals surface area contributed by atoms with Crippen molar-refractivity contribution >= 4 is 21.8 Å². The van der Waals surface area contributed by atoms with Gasteiger partial charge in [0.15, 0.2) is 11.6 Å². The molecule has 0 aliphatic heterocycles. The molecule has 1 amide bonds. The molecule has 1 N–H and O–H groups in total. The second-order valence-electron chi connectivity index (χ2n) is 4.16. The molecule has 0 heterocycles. The van der Waals surface area contributed by atoms with Gasteiger partial charge in [-0.3, -0.25) is 4.79 Å². The van der Waals surface area contributed by atoms with E-state index < -0.39 is 11.6 Å². The zero-order chi connectivity index (χ0) is 15.2. The van der Waals surface area contributed by atoms with Crippen molar-refractivity contribution in [2.45, 2.75) is 0 Å². The van der Waals surface area contributed by atoms with Gasteiger partial charge >= 0.3 is 0 Å². The van der Waals surface area contributed by atoms with Crippen LogP contribution in [-0.2, 0) is 0 Å². The largest absolute Gasteiger partial charge is 0.489 e. The molecular weight excluding hydrogens is 344 g/mol. The smallest absolute Gasteiger partial charge is 0.252 e. The Hall–Kier alpha value is -1.95. The van der Waals surface area contributed by atoms with Crippen molar-refractivity contribution in [2.24, 2.45) is 0 Å². The molecular formula is C15H12BrF2NO2. The van der Waals surface area contributed by atoms with E-state index in [0.717, 1.165) is 12.1 Å². The normalized spacial score (nSPS) is 10.2. The number of hydrogen-bond donors (Lipinski definition) is 1. The van der Waals surface area contributed by atoms with Gasteiger partial charge in [-0.1, -0.05) is 12.1 Å². The highest BCUT2D eigenvalue weighted by Gasteiger charge is 2.09. The van der Waals surface area contributed by atoms with Crippen molar-refractivity contribution in [1.29, 1.82) is 0 Å². The first kappa shape index (κ1) is 15.4. The Morgan fingerprint density at radius 2 is 1.95 bits per heavy atom. The van der Waals surface area contributed by atoms with E-state index in [4.69, 9.17) is 4.74 Å². The molecule has 2 aromatic carbocycles. The Kier molecular flexibility index (Phi) is 5.27. The molecule has 3 nitrogen and oxygen atoms in total. The minimum atomic E-state index is -0.771. The molecule has 2 rings (SSSR count). The minimum absolute atomic E-state index is 0.0495. The van der Waals surface area contributed by atoms with Gasteiger partial charge in [0.25, 0.3) is 5.91 Å². The molecule has 0 spiro atoms. The molecule has 0 atom stereocenters. The number of hydrogen-bond acceptors (Lipinski definition) is 2. The lowest BCUT2D eigenvalue weighted by molar-refractivity contribution is 0.0946. The van der Waals surface area contributed by atoms with Crippen molar-refractivity contribution in [3.8, 4) is 5.75 Å². The number of nitrogens with one attached hydrogen (secondary N) is 1. The van der Waals surface area contributed by atoms with E-state index >= 15 is 0 Å². The van der Waals surface area contributed by atoms with E-state index in [2.05, 4.69) is 21.2 Å². The number of amides is 1. The third-order valence-electron chi connectivity index (χ3n) is 2.66. The summed E-state index contributed by atoms with van der Waals surface area (Å²) in [7, 11) is 0. The standard InChI is InChI=1S/C15H12BrF2NO2/c16-12-4-2-1-3-11(12)15(20)19-7-8-21-14-6-5-10(17)9-13(14)18/h1-6,9H,7-8H2,(H,19,20). The van der Waals surface area contributed by atoms with Crippen molar-refractivity contribution < 1.29 is 18.3 Å². The summed E-state index contributed by atoms with van der Waals surface area (Å²) < 4.78 is 31.8. The number of rotatable bonds is 5. The Morgan fingerprint density at radius 3 is 2.67 bits per heavy atom. The molecule has 0 unspecified atom stereocenters. The summed E-state index contributed by atoms with van der Waals surface area (Å²) in [5, 5.41) is 2.65. The van der Waals surface area contributed by atoms with Crippen LogP contribution in [0, 0.1) is 11.6 Å². The molecule has 0 aliphatic carbocycles. The van der Waals surface area contributed by atoms with Gasteiger partial charge < -0.3 is 10.1 Å². The third kappa shape index (κ3) is 4.26. The molecule has 0 aliphatic rings. The fourth-order valence-electron chi connectivity index (χ4n) is 1.66. The maximum absolute atomic E-state index is 13.3. The van der Waals surface area contributed by atoms with Crippen LogP contribution in [0.25, 0.3) is 0 Å². The third-order valence-corrected chi connectivity index (χ3v) is 3.35. The monoisotopic (exact) mass is 355 g/mol. The summed E-state index contributed by atoms with van der Waals surface area (Å²) in [5.74, 6) is -1.74. The topological polar surface area (TPSA) is 38.3 Å². The predicted octanol–water partition coefficient (Wildman–Crippen LogP) is 3.54. The van der Waals surface area contributed by atoms with E-state index in [-0.39, 0.29) is 24.8 Å². The average Bonchev–Trinajstić information content (AvgIpc) is 2.45. The van der Waals surface area contributed by atoms with Crippen LogP contribution in [0.3, 0.4) is 0 Å². The van der Waals surface area contributed by atoms with Gasteiger partial charge in [-0.2, -0.15) is 0 Å². The summed E-state index contributed by atoms with van der Waals surface area (Å²) in [6.45, 7) is 0.287. The lowest BCUT2D eigenvalue weighted by Crippen LogP contribution is -2.28. The quantitative estimate of drug-likeness (QED) is 0.833. The van der Waals surface area contributed by atoms with Crippen LogP contribution in [0.4, 0.5) is 8.78 Å². The molecule has 0 radical (unpaired) electrons. The summed E-state index contributed by atoms with van der Waals surface area (Å²) in [6, 6.07) is 10.1. The summed E-state index contributed by atoms with van der Waals surface area (Å²) in [5.41, 5.74) is 0.505. The maximum Gasteiger partial charge on any atom is 0.252 e. The van der Waals surface area contributed by atoms with E-state index in [1.165, 1.54) is 6.07 Å². The van der Waals surface area contributed by atoms with Crippen LogP contribution >= 0.6 is 15.9 Å². The highest BCUT2D eigenvalue weighted by Crippen LogP contribution is 2.17. The van der Waals surface area contributed by atoms with Gasteiger partial charge in [0.05, 0.1) is 12.1 Å². The summed E-state index contributed by atoms with van der Waals surface area (Å²) >= 11 is 3.28. The number of ether oxygens (including phenoxy) is 1. The molecule has 110 valence electrons. The van der Waals surface area contributed by atoms with Gasteiger partial charge in [-0.05, 0) is 40.2 Å². The van der Waals surface area contributed by atoms with E-state index in [9.17, 15) is 13.6 Å². The zero-order valence-corrected chi connectivity index (χ0v) is 12.5. The maximum atomic E-state index is 13.3. The fourth-order valence-corrected chi connectivity index (χ4v) is 2.12. The summed E-state index contributed by atoms with van der Waals surface area (Å²) in [4.78, 5) is 11.9. The molecule has 0 saturated carbocycles. The van der Waals surface area contributed by atoms with E-state index in [1.54, 1.807) is 24.3 Å². The first-order valence-corrected chi connectivity index (χ1v) is 6.98. The van der Waals surface area contributed by atoms with Gasteiger partial charge in [0.2, 0.25) is 0 Å². The Morgan fingerprint density at radius 1 is 1.19 bits per heavy atom. The average molecular weight is 356 g/mol. The number of halogens is 3. The zero-order valence-electron chi connectivity index (χ0n) is 10.9. The van der Waals surface area contributed by atoms with Gasteiger partial charge in [-0.15, -0.1) is 0 Å². The van der Waals surface area contributed by atoms with E-state index in [0.29, 0.717) is 10.0 Å². The fraction of sp³-hybridized carbons (Fsp3) is 0.133. The molecule has 0 bridgehead atoms. The second-order valence-corrected chi connectivity index (χ2v) is 5.01. The molecule has 6 heteroatoms. The molecule has 2 aromatic rings. The molecule has 21 heavy (non-hydrogen) atoms. The minimum Gasteiger partial charge on any atom is -0.489 e. The van der Waals surface area contributed by atoms with Crippen molar-refractivity contribution in [3.05, 3.63) is 64.1 Å². The van der Waals surface area contributed by atoms with Gasteiger partial charge in [0.1, 0.15) is 12.4 Å². The van der Waals surface area contributed by atoms with Gasteiger partial charge in [0, 0.05) is 10.5 Å². The SMILES string of the molecule is O=C(NCCOc1ccc(F)cc1F)c1ccccc1Br. The highest BCUT2D eigenvalue weighted by molar-refractivity contribution is 9.10. The van der Waals surface area contributed by atoms with Crippen molar-refractivity contribution in [1.82, 2.24) is 5.32 Å². The lowest BCUT2D eigenvalue weighted by atomic mass is 10.2. The first-order valence-electron chi connectivity index (χ1n) is 6.18. The molecule has 0 saturated heterocycles. The van der Waals surface area contributed by atoms with Crippen LogP contribution in [-0.4, -0.2) is 19.1 Å². The van der Waals surface area contributed by atoms with E-state index in [1.807, 2.05) is 0 Å². The first-order chi connectivity index (χ1) is 10.1. The number of carbonyl (C=O) groups is 1. The summed E-state index contributed by atoms with van der Waals surface area (Å²) in [6.07, 6.45) is 0. The van der Waals surface area contributed by atoms with Crippen molar-refractivity contribution in [3.63, 3.8) is 0 Å². The Bertz CT molecular complexity index is 649. The number of benzene rings is 2. The van der Waals surface area contributed by atoms with Crippen molar-refractivity contribution in [2.75, 3.05) is 13.2 Å². The van der Waals surface area contributed by atoms with Crippen LogP contribution in [0.2, 0.25) is 0 Å². The van der Waals surface area contributed by atoms with Crippen LogP contribution < -0.4 is 10.1 Å².